The molecular formula is C37H48O6. The van der Waals surface area contributed by atoms with Gasteiger partial charge in [0.1, 0.15) is 11.9 Å². The summed E-state index contributed by atoms with van der Waals surface area (Å²) >= 11 is 0. The van der Waals surface area contributed by atoms with Crippen molar-refractivity contribution in [2.75, 3.05) is 0 Å². The van der Waals surface area contributed by atoms with Crippen LogP contribution >= 0.6 is 0 Å². The van der Waals surface area contributed by atoms with Gasteiger partial charge in [-0.05, 0) is 62.6 Å². The summed E-state index contributed by atoms with van der Waals surface area (Å²) in [7, 11) is 0. The molecule has 1 aromatic carbocycles. The monoisotopic (exact) mass is 588 g/mol. The first-order valence-electron chi connectivity index (χ1n) is 15.3. The average molecular weight is 589 g/mol. The number of hydrogen-bond acceptors (Lipinski definition) is 6. The van der Waals surface area contributed by atoms with Crippen molar-refractivity contribution in [1.29, 1.82) is 0 Å². The molecule has 1 aromatic rings. The Morgan fingerprint density at radius 1 is 0.930 bits per heavy atom. The Morgan fingerprint density at radius 3 is 2.26 bits per heavy atom. The molecule has 1 aliphatic heterocycles. The van der Waals surface area contributed by atoms with Crippen molar-refractivity contribution < 1.29 is 30.0 Å². The van der Waals surface area contributed by atoms with E-state index in [1.807, 2.05) is 38.2 Å². The number of fused-ring (bicyclic) bond motifs is 3. The molecule has 1 saturated carbocycles. The molecule has 6 nitrogen and oxygen atoms in total. The lowest BCUT2D eigenvalue weighted by molar-refractivity contribution is -0.150. The lowest BCUT2D eigenvalue weighted by Gasteiger charge is -2.47. The van der Waals surface area contributed by atoms with E-state index in [2.05, 4.69) is 32.9 Å². The van der Waals surface area contributed by atoms with E-state index in [1.165, 1.54) is 6.08 Å². The second kappa shape index (κ2) is 13.2. The quantitative estimate of drug-likeness (QED) is 0.220. The predicted octanol–water partition coefficient (Wildman–Crippen LogP) is 6.51. The molecule has 0 aromatic heterocycles. The number of phenolic OH excluding ortho intramolecular Hbond substituents is 1. The highest BCUT2D eigenvalue weighted by atomic mass is 16.5. The Kier molecular flexibility index (Phi) is 10.1. The summed E-state index contributed by atoms with van der Waals surface area (Å²) in [6.07, 6.45) is 17.2. The minimum absolute atomic E-state index is 0.00540. The predicted molar refractivity (Wildman–Crippen MR) is 170 cm³/mol. The molecule has 43 heavy (non-hydrogen) atoms. The molecule has 6 heteroatoms. The van der Waals surface area contributed by atoms with Crippen LogP contribution in [0.5, 0.6) is 5.75 Å². The van der Waals surface area contributed by atoms with Gasteiger partial charge in [0.15, 0.2) is 0 Å². The first-order valence-corrected chi connectivity index (χ1v) is 15.3. The highest BCUT2D eigenvalue weighted by Gasteiger charge is 2.60. The summed E-state index contributed by atoms with van der Waals surface area (Å²) in [6, 6.07) is 6.83. The Bertz CT molecular complexity index is 1330. The number of cyclic esters (lactones) is 1. The van der Waals surface area contributed by atoms with E-state index in [1.54, 1.807) is 49.4 Å². The van der Waals surface area contributed by atoms with Crippen molar-refractivity contribution in [3.05, 3.63) is 102 Å². The van der Waals surface area contributed by atoms with Gasteiger partial charge < -0.3 is 25.2 Å². The van der Waals surface area contributed by atoms with Gasteiger partial charge >= 0.3 is 5.97 Å². The minimum Gasteiger partial charge on any atom is -0.508 e. The number of aliphatic hydroxyl groups is 3. The number of hydrogen-bond donors (Lipinski definition) is 4. The Morgan fingerprint density at radius 2 is 1.58 bits per heavy atom. The van der Waals surface area contributed by atoms with Gasteiger partial charge in [-0.25, -0.2) is 4.79 Å². The molecular weight excluding hydrogens is 540 g/mol. The summed E-state index contributed by atoms with van der Waals surface area (Å²) in [5, 5.41) is 42.8. The molecule has 0 unspecified atom stereocenters. The number of carbonyl (C=O) groups excluding carboxylic acids is 1. The first-order chi connectivity index (χ1) is 20.2. The number of ether oxygens (including phenoxy) is 1. The molecule has 1 heterocycles. The van der Waals surface area contributed by atoms with Gasteiger partial charge in [-0.1, -0.05) is 98.7 Å². The SMILES string of the molecule is CC1=CC[C@H](O)[C@H](C)[C@@H](O)C=CC=CC=C[C@H]2C(C)=C[C@H]3[C@H]([C@@H]2[C@@H](c2ccc(O)cc2)OC(=O)C=C1)C(C)(C)C[C@]3(C)O. The van der Waals surface area contributed by atoms with Crippen LogP contribution in [0, 0.1) is 35.0 Å². The highest BCUT2D eigenvalue weighted by Crippen LogP contribution is 2.62. The molecule has 3 aliphatic rings. The van der Waals surface area contributed by atoms with Gasteiger partial charge in [-0.2, -0.15) is 0 Å². The van der Waals surface area contributed by atoms with E-state index in [-0.39, 0.29) is 40.8 Å². The van der Waals surface area contributed by atoms with Crippen molar-refractivity contribution in [1.82, 2.24) is 0 Å². The maximum absolute atomic E-state index is 13.4. The zero-order chi connectivity index (χ0) is 31.5. The molecule has 0 bridgehead atoms. The number of carbonyl (C=O) groups is 1. The number of aliphatic hydroxyl groups excluding tert-OH is 2. The molecule has 4 N–H and O–H groups in total. The second-order valence-electron chi connectivity index (χ2n) is 13.6. The highest BCUT2D eigenvalue weighted by molar-refractivity contribution is 5.82. The summed E-state index contributed by atoms with van der Waals surface area (Å²) in [5.74, 6) is -1.15. The van der Waals surface area contributed by atoms with Gasteiger partial charge in [0.05, 0.1) is 17.8 Å². The zero-order valence-electron chi connectivity index (χ0n) is 26.2. The van der Waals surface area contributed by atoms with Crippen LogP contribution in [0.25, 0.3) is 0 Å². The van der Waals surface area contributed by atoms with E-state index in [0.717, 1.165) is 16.7 Å². The van der Waals surface area contributed by atoms with Crippen LogP contribution < -0.4 is 0 Å². The maximum atomic E-state index is 13.4. The smallest absolute Gasteiger partial charge is 0.331 e. The van der Waals surface area contributed by atoms with Crippen LogP contribution in [-0.4, -0.2) is 44.2 Å². The van der Waals surface area contributed by atoms with Crippen molar-refractivity contribution in [3.63, 3.8) is 0 Å². The van der Waals surface area contributed by atoms with Crippen LogP contribution in [0.15, 0.2) is 96.2 Å². The van der Waals surface area contributed by atoms with Crippen LogP contribution in [0.1, 0.15) is 66.1 Å². The molecule has 9 atom stereocenters. The minimum atomic E-state index is -0.910. The Labute approximate surface area is 256 Å². The first kappa shape index (κ1) is 32.7. The fourth-order valence-electron chi connectivity index (χ4n) is 7.53. The largest absolute Gasteiger partial charge is 0.508 e. The number of aromatic hydroxyl groups is 1. The third-order valence-corrected chi connectivity index (χ3v) is 9.70. The van der Waals surface area contributed by atoms with Crippen molar-refractivity contribution in [2.24, 2.45) is 35.0 Å². The summed E-state index contributed by atoms with van der Waals surface area (Å²) < 4.78 is 6.34. The number of rotatable bonds is 1. The van der Waals surface area contributed by atoms with Crippen LogP contribution in [0.2, 0.25) is 0 Å². The third kappa shape index (κ3) is 7.49. The molecule has 0 amide bonds. The molecule has 0 saturated heterocycles. The third-order valence-electron chi connectivity index (χ3n) is 9.70. The summed E-state index contributed by atoms with van der Waals surface area (Å²) in [6.45, 7) is 12.0. The molecule has 0 spiro atoms. The zero-order valence-corrected chi connectivity index (χ0v) is 26.2. The van der Waals surface area contributed by atoms with Crippen molar-refractivity contribution in [3.8, 4) is 5.75 Å². The van der Waals surface area contributed by atoms with E-state index in [9.17, 15) is 25.2 Å². The topological polar surface area (TPSA) is 107 Å². The molecule has 1 fully saturated rings. The number of allylic oxidation sites excluding steroid dienone is 8. The van der Waals surface area contributed by atoms with Gasteiger partial charge in [0, 0.05) is 29.7 Å². The van der Waals surface area contributed by atoms with Gasteiger partial charge in [0.25, 0.3) is 0 Å². The second-order valence-corrected chi connectivity index (χ2v) is 13.6. The van der Waals surface area contributed by atoms with Crippen LogP contribution in [0.4, 0.5) is 0 Å². The van der Waals surface area contributed by atoms with E-state index in [4.69, 9.17) is 4.74 Å². The van der Waals surface area contributed by atoms with Crippen LogP contribution in [0.3, 0.4) is 0 Å². The normalized spacial score (nSPS) is 36.8. The molecule has 4 rings (SSSR count). The van der Waals surface area contributed by atoms with E-state index in [0.29, 0.717) is 12.8 Å². The summed E-state index contributed by atoms with van der Waals surface area (Å²) in [4.78, 5) is 13.4. The van der Waals surface area contributed by atoms with Crippen LogP contribution in [-0.2, 0) is 9.53 Å². The maximum Gasteiger partial charge on any atom is 0.331 e. The molecule has 2 aliphatic carbocycles. The number of esters is 1. The molecule has 0 radical (unpaired) electrons. The van der Waals surface area contributed by atoms with Crippen molar-refractivity contribution in [2.45, 2.75) is 78.3 Å². The van der Waals surface area contributed by atoms with Gasteiger partial charge in [-0.15, -0.1) is 0 Å². The summed E-state index contributed by atoms with van der Waals surface area (Å²) in [5.41, 5.74) is 1.51. The lowest BCUT2D eigenvalue weighted by Crippen LogP contribution is -2.44. The van der Waals surface area contributed by atoms with Gasteiger partial charge in [-0.3, -0.25) is 0 Å². The van der Waals surface area contributed by atoms with Crippen molar-refractivity contribution >= 4 is 5.97 Å². The fraction of sp³-hybridized carbons (Fsp3) is 0.486. The number of benzene rings is 1. The van der Waals surface area contributed by atoms with E-state index < -0.39 is 29.9 Å². The Balaban J connectivity index is 1.85. The number of phenols is 1. The standard InChI is InChI=1S/C37H48O6/c1-23-13-19-31(40)25(3)30(39)12-10-8-7-9-11-28-24(2)21-29-34(36(4,5)22-37(29,6)42)33(28)35(43-32(41)20-14-23)26-15-17-27(38)18-16-26/h7-18,20-21,25,28-31,33-35,38-40,42H,19,22H2,1-6H3/t25-,28+,29+,30+,31+,33-,34-,35-,37+/m1/s1. The Hall–Kier alpha value is -3.19. The molecule has 232 valence electrons. The fourth-order valence-corrected chi connectivity index (χ4v) is 7.53. The average Bonchev–Trinajstić information content (AvgIpc) is 3.13. The lowest BCUT2D eigenvalue weighted by atomic mass is 9.59. The van der Waals surface area contributed by atoms with E-state index >= 15 is 0 Å². The van der Waals surface area contributed by atoms with Gasteiger partial charge in [0.2, 0.25) is 0 Å².